The van der Waals surface area contributed by atoms with E-state index in [1.165, 1.54) is 12.1 Å². The van der Waals surface area contributed by atoms with E-state index in [2.05, 4.69) is 17.1 Å². The molecule has 1 aromatic heterocycles. The topological polar surface area (TPSA) is 62.7 Å². The maximum atomic E-state index is 13.5. The SMILES string of the molecule is CO[C@H]1C[C@H]2CC(N(C(=O)O)C(C)(C)C)CC[C@H]2[C@@H]1C=Cc1ccc(-c2cccc(F)c2)cn1. The second kappa shape index (κ2) is 9.87. The number of halogens is 1. The summed E-state index contributed by atoms with van der Waals surface area (Å²) in [6, 6.07) is 10.5. The molecule has 6 heteroatoms. The average Bonchev–Trinajstić information content (AvgIpc) is 3.13. The molecule has 0 bridgehead atoms. The van der Waals surface area contributed by atoms with Crippen LogP contribution in [0.25, 0.3) is 17.2 Å². The van der Waals surface area contributed by atoms with Crippen LogP contribution in [0.15, 0.2) is 48.7 Å². The number of hydrogen-bond acceptors (Lipinski definition) is 3. The highest BCUT2D eigenvalue weighted by atomic mass is 19.1. The molecule has 1 aromatic carbocycles. The Kier molecular flexibility index (Phi) is 7.08. The van der Waals surface area contributed by atoms with Gasteiger partial charge in [0.15, 0.2) is 0 Å². The van der Waals surface area contributed by atoms with Crippen molar-refractivity contribution in [3.63, 3.8) is 0 Å². The lowest BCUT2D eigenvalue weighted by atomic mass is 9.74. The smallest absolute Gasteiger partial charge is 0.407 e. The van der Waals surface area contributed by atoms with E-state index < -0.39 is 11.6 Å². The normalized spacial score (nSPS) is 27.0. The molecule has 0 aliphatic heterocycles. The first-order valence-electron chi connectivity index (χ1n) is 12.1. The van der Waals surface area contributed by atoms with Gasteiger partial charge >= 0.3 is 6.09 Å². The minimum Gasteiger partial charge on any atom is -0.465 e. The van der Waals surface area contributed by atoms with Crippen molar-refractivity contribution < 1.29 is 19.0 Å². The van der Waals surface area contributed by atoms with Crippen LogP contribution in [0, 0.1) is 23.6 Å². The summed E-state index contributed by atoms with van der Waals surface area (Å²) in [5.74, 6) is 0.964. The van der Waals surface area contributed by atoms with E-state index in [9.17, 15) is 14.3 Å². The third-order valence-electron chi connectivity index (χ3n) is 7.50. The Labute approximate surface area is 201 Å². The summed E-state index contributed by atoms with van der Waals surface area (Å²) in [7, 11) is 1.77. The van der Waals surface area contributed by atoms with Crippen molar-refractivity contribution in [2.45, 2.75) is 64.1 Å². The van der Waals surface area contributed by atoms with Gasteiger partial charge in [0.05, 0.1) is 11.8 Å². The van der Waals surface area contributed by atoms with Crippen molar-refractivity contribution in [2.24, 2.45) is 17.8 Å². The van der Waals surface area contributed by atoms with Crippen molar-refractivity contribution in [3.05, 3.63) is 60.2 Å². The number of amides is 1. The minimum atomic E-state index is -0.832. The summed E-state index contributed by atoms with van der Waals surface area (Å²) >= 11 is 0. The van der Waals surface area contributed by atoms with Gasteiger partial charge in [0.1, 0.15) is 5.82 Å². The Balaban J connectivity index is 1.46. The van der Waals surface area contributed by atoms with Gasteiger partial charge in [-0.2, -0.15) is 0 Å². The number of benzene rings is 1. The first-order chi connectivity index (χ1) is 16.2. The lowest BCUT2D eigenvalue weighted by Gasteiger charge is -2.44. The number of methoxy groups -OCH3 is 1. The van der Waals surface area contributed by atoms with Gasteiger partial charge in [-0.15, -0.1) is 0 Å². The van der Waals surface area contributed by atoms with Gasteiger partial charge in [-0.3, -0.25) is 4.98 Å². The standard InChI is InChI=1S/C28H35FN2O3/c1-28(2,3)31(27(32)33)23-11-13-24-20(15-23)16-26(34-4)25(24)12-10-22-9-8-19(17-30-22)18-6-5-7-21(29)14-18/h5-10,12,14,17,20,23-26H,11,13,15-16H2,1-4H3,(H,32,33)/t20-,23?,24-,25+,26+/m1/s1. The monoisotopic (exact) mass is 466 g/mol. The second-order valence-corrected chi connectivity index (χ2v) is 10.6. The van der Waals surface area contributed by atoms with Gasteiger partial charge in [-0.05, 0) is 88.1 Å². The van der Waals surface area contributed by atoms with Gasteiger partial charge in [0.2, 0.25) is 0 Å². The summed E-state index contributed by atoms with van der Waals surface area (Å²) in [4.78, 5) is 18.2. The molecule has 4 rings (SSSR count). The Morgan fingerprint density at radius 1 is 1.18 bits per heavy atom. The lowest BCUT2D eigenvalue weighted by molar-refractivity contribution is 0.0372. The second-order valence-electron chi connectivity index (χ2n) is 10.6. The Hall–Kier alpha value is -2.73. The Bertz CT molecular complexity index is 1030. The minimum absolute atomic E-state index is 0.0519. The molecule has 2 aromatic rings. The molecule has 1 heterocycles. The lowest BCUT2D eigenvalue weighted by Crippen LogP contribution is -2.53. The van der Waals surface area contributed by atoms with E-state index in [0.717, 1.165) is 42.5 Å². The van der Waals surface area contributed by atoms with Gasteiger partial charge in [0.25, 0.3) is 0 Å². The largest absolute Gasteiger partial charge is 0.465 e. The molecule has 1 unspecified atom stereocenters. The van der Waals surface area contributed by atoms with Crippen LogP contribution in [0.4, 0.5) is 9.18 Å². The highest BCUT2D eigenvalue weighted by molar-refractivity contribution is 5.66. The molecule has 2 fully saturated rings. The third-order valence-corrected chi connectivity index (χ3v) is 7.50. The Morgan fingerprint density at radius 2 is 1.97 bits per heavy atom. The van der Waals surface area contributed by atoms with E-state index in [1.807, 2.05) is 39.0 Å². The van der Waals surface area contributed by atoms with Crippen molar-refractivity contribution in [3.8, 4) is 11.1 Å². The quantitative estimate of drug-likeness (QED) is 0.546. The van der Waals surface area contributed by atoms with E-state index in [1.54, 1.807) is 24.3 Å². The van der Waals surface area contributed by atoms with Gasteiger partial charge in [0, 0.05) is 36.4 Å². The fraction of sp³-hybridized carbons (Fsp3) is 0.500. The molecule has 182 valence electrons. The zero-order chi connectivity index (χ0) is 24.5. The van der Waals surface area contributed by atoms with E-state index in [-0.39, 0.29) is 23.9 Å². The average molecular weight is 467 g/mol. The summed E-state index contributed by atoms with van der Waals surface area (Å²) in [5.41, 5.74) is 2.14. The van der Waals surface area contributed by atoms with Gasteiger partial charge in [-0.25, -0.2) is 9.18 Å². The van der Waals surface area contributed by atoms with Crippen molar-refractivity contribution >= 4 is 12.2 Å². The summed E-state index contributed by atoms with van der Waals surface area (Å²) in [5, 5.41) is 9.83. The van der Waals surface area contributed by atoms with E-state index in [0.29, 0.717) is 11.8 Å². The van der Waals surface area contributed by atoms with Crippen LogP contribution in [0.3, 0.4) is 0 Å². The number of hydrogen-bond donors (Lipinski definition) is 1. The number of carboxylic acid groups (broad SMARTS) is 1. The molecule has 1 N–H and O–H groups in total. The third kappa shape index (κ3) is 5.17. The molecule has 34 heavy (non-hydrogen) atoms. The van der Waals surface area contributed by atoms with Crippen molar-refractivity contribution in [1.29, 1.82) is 0 Å². The number of fused-ring (bicyclic) bond motifs is 1. The summed E-state index contributed by atoms with van der Waals surface area (Å²) < 4.78 is 19.4. The van der Waals surface area contributed by atoms with Crippen molar-refractivity contribution in [2.75, 3.05) is 7.11 Å². The molecule has 0 spiro atoms. The van der Waals surface area contributed by atoms with E-state index in [4.69, 9.17) is 4.74 Å². The Morgan fingerprint density at radius 3 is 2.59 bits per heavy atom. The molecule has 2 aliphatic carbocycles. The summed E-state index contributed by atoms with van der Waals surface area (Å²) in [6.45, 7) is 5.91. The van der Waals surface area contributed by atoms with Gasteiger partial charge in [-0.1, -0.05) is 24.3 Å². The molecule has 0 radical (unpaired) electrons. The number of nitrogens with zero attached hydrogens (tertiary/aromatic N) is 2. The molecule has 1 amide bonds. The predicted octanol–water partition coefficient (Wildman–Crippen LogP) is 6.50. The fourth-order valence-corrected chi connectivity index (χ4v) is 6.07. The predicted molar refractivity (Wildman–Crippen MR) is 132 cm³/mol. The summed E-state index contributed by atoms with van der Waals surface area (Å²) in [6.07, 6.45) is 9.07. The zero-order valence-corrected chi connectivity index (χ0v) is 20.4. The number of carbonyl (C=O) groups is 1. The molecular weight excluding hydrogens is 431 g/mol. The van der Waals surface area contributed by atoms with Crippen molar-refractivity contribution in [1.82, 2.24) is 9.88 Å². The van der Waals surface area contributed by atoms with Gasteiger partial charge < -0.3 is 14.7 Å². The fourth-order valence-electron chi connectivity index (χ4n) is 6.07. The molecule has 2 aliphatic rings. The molecule has 0 saturated heterocycles. The van der Waals surface area contributed by atoms with Crippen LogP contribution in [-0.4, -0.2) is 45.9 Å². The van der Waals surface area contributed by atoms with Crippen LogP contribution in [0.5, 0.6) is 0 Å². The first kappa shape index (κ1) is 24.4. The highest BCUT2D eigenvalue weighted by Gasteiger charge is 2.47. The molecular formula is C28H35FN2O3. The highest BCUT2D eigenvalue weighted by Crippen LogP contribution is 2.49. The molecule has 2 saturated carbocycles. The number of aromatic nitrogens is 1. The first-order valence-corrected chi connectivity index (χ1v) is 12.1. The molecule has 5 atom stereocenters. The maximum Gasteiger partial charge on any atom is 0.407 e. The number of pyridine rings is 1. The van der Waals surface area contributed by atoms with Crippen LogP contribution in [-0.2, 0) is 4.74 Å². The molecule has 5 nitrogen and oxygen atoms in total. The van der Waals surface area contributed by atoms with Crippen LogP contribution >= 0.6 is 0 Å². The van der Waals surface area contributed by atoms with Crippen LogP contribution in [0.2, 0.25) is 0 Å². The zero-order valence-electron chi connectivity index (χ0n) is 20.4. The number of rotatable bonds is 5. The van der Waals surface area contributed by atoms with Crippen LogP contribution in [0.1, 0.15) is 52.1 Å². The van der Waals surface area contributed by atoms with E-state index >= 15 is 0 Å². The maximum absolute atomic E-state index is 13.5. The number of ether oxygens (including phenoxy) is 1. The van der Waals surface area contributed by atoms with Crippen LogP contribution < -0.4 is 0 Å².